The van der Waals surface area contributed by atoms with E-state index in [1.165, 1.54) is 16.6 Å². The van der Waals surface area contributed by atoms with E-state index in [2.05, 4.69) is 47.0 Å². The summed E-state index contributed by atoms with van der Waals surface area (Å²) in [5.41, 5.74) is 11.5. The van der Waals surface area contributed by atoms with Gasteiger partial charge in [0.25, 0.3) is 5.91 Å². The van der Waals surface area contributed by atoms with Gasteiger partial charge in [-0.3, -0.25) is 48.4 Å². The summed E-state index contributed by atoms with van der Waals surface area (Å²) >= 11 is 0. The molecule has 3 aromatic rings. The van der Waals surface area contributed by atoms with Crippen LogP contribution >= 0.6 is 0 Å². The summed E-state index contributed by atoms with van der Waals surface area (Å²) < 4.78 is 0. The first kappa shape index (κ1) is 41.5. The van der Waals surface area contributed by atoms with E-state index in [4.69, 9.17) is 10.6 Å². The number of rotatable bonds is 14. The maximum atomic E-state index is 12.8. The average Bonchev–Trinajstić information content (AvgIpc) is 3.48. The van der Waals surface area contributed by atoms with Crippen molar-refractivity contribution in [3.05, 3.63) is 71.4 Å². The van der Waals surface area contributed by atoms with Gasteiger partial charge in [0.2, 0.25) is 5.91 Å². The fourth-order valence-corrected chi connectivity index (χ4v) is 5.46. The summed E-state index contributed by atoms with van der Waals surface area (Å²) in [6.07, 6.45) is 0. The number of aliphatic carboxylic acids is 3. The number of carboxylic acids is 3. The van der Waals surface area contributed by atoms with Crippen LogP contribution in [-0.2, 0) is 42.0 Å². The number of carbonyl (C=O) groups excluding carboxylic acids is 2. The number of benzene rings is 2. The van der Waals surface area contributed by atoms with Gasteiger partial charge in [0, 0.05) is 70.1 Å². The highest BCUT2D eigenvalue weighted by Crippen LogP contribution is 2.13. The minimum Gasteiger partial charge on any atom is -0.480 e. The molecule has 0 atom stereocenters. The van der Waals surface area contributed by atoms with Crippen molar-refractivity contribution < 1.29 is 44.1 Å². The van der Waals surface area contributed by atoms with Gasteiger partial charge in [-0.05, 0) is 35.6 Å². The fourth-order valence-electron chi connectivity index (χ4n) is 5.46. The van der Waals surface area contributed by atoms with Gasteiger partial charge >= 0.3 is 17.9 Å². The van der Waals surface area contributed by atoms with Crippen molar-refractivity contribution in [2.45, 2.75) is 20.1 Å². The molecule has 1 saturated heterocycles. The lowest BCUT2D eigenvalue weighted by Gasteiger charge is -2.32. The quantitative estimate of drug-likeness (QED) is 0.106. The van der Waals surface area contributed by atoms with E-state index in [-0.39, 0.29) is 51.8 Å². The number of aromatic nitrogens is 1. The Bertz CT molecular complexity index is 1540. The number of carboxylic acid groups (broad SMARTS) is 3. The summed E-state index contributed by atoms with van der Waals surface area (Å²) in [5.74, 6) is -3.73. The van der Waals surface area contributed by atoms with Crippen LogP contribution in [0.25, 0.3) is 10.9 Å². The molecule has 1 aliphatic heterocycles. The molecule has 1 aliphatic rings. The van der Waals surface area contributed by atoms with Crippen molar-refractivity contribution in [2.75, 3.05) is 85.1 Å². The van der Waals surface area contributed by atoms with E-state index < -0.39 is 23.8 Å². The van der Waals surface area contributed by atoms with Crippen LogP contribution in [0.1, 0.15) is 16.8 Å². The SMILES string of the molecule is Cc1cc2ccccc2[nH]1.NCC(=O)NOCc1ccc(CNC(=O)CN2CCN(CC(=O)O)CCN(CC(=O)O)CCN(CC(=O)O)CC2)cc1. The molecule has 17 heteroatoms. The number of fused-ring (bicyclic) bond motifs is 1. The number of hydrogen-bond acceptors (Lipinski definition) is 11. The van der Waals surface area contributed by atoms with Crippen molar-refractivity contribution in [1.29, 1.82) is 0 Å². The number of para-hydroxylation sites is 1. The Hall–Kier alpha value is -4.91. The molecule has 0 radical (unpaired) electrons. The van der Waals surface area contributed by atoms with E-state index in [1.54, 1.807) is 26.8 Å². The van der Waals surface area contributed by atoms with Gasteiger partial charge < -0.3 is 31.4 Å². The summed E-state index contributed by atoms with van der Waals surface area (Å²) in [4.78, 5) is 73.4. The number of nitrogens with two attached hydrogens (primary N) is 1. The first-order chi connectivity index (χ1) is 24.9. The molecule has 1 aromatic heterocycles. The van der Waals surface area contributed by atoms with Crippen LogP contribution in [0.15, 0.2) is 54.6 Å². The molecule has 0 saturated carbocycles. The number of nitrogens with zero attached hydrogens (tertiary/aromatic N) is 4. The molecule has 52 heavy (non-hydrogen) atoms. The molecule has 1 fully saturated rings. The van der Waals surface area contributed by atoms with Crippen molar-refractivity contribution in [2.24, 2.45) is 5.73 Å². The first-order valence-electron chi connectivity index (χ1n) is 16.9. The molecule has 17 nitrogen and oxygen atoms in total. The molecule has 2 amide bonds. The highest BCUT2D eigenvalue weighted by atomic mass is 16.6. The second-order valence-electron chi connectivity index (χ2n) is 12.4. The van der Waals surface area contributed by atoms with Gasteiger partial charge in [-0.25, -0.2) is 5.48 Å². The van der Waals surface area contributed by atoms with Gasteiger partial charge in [0.15, 0.2) is 0 Å². The van der Waals surface area contributed by atoms with Crippen LogP contribution in [-0.4, -0.2) is 155 Å². The third-order valence-electron chi connectivity index (χ3n) is 8.16. The van der Waals surface area contributed by atoms with Gasteiger partial charge in [-0.15, -0.1) is 0 Å². The lowest BCUT2D eigenvalue weighted by molar-refractivity contribution is -0.140. The highest BCUT2D eigenvalue weighted by molar-refractivity contribution is 5.80. The number of nitrogens with one attached hydrogen (secondary N) is 3. The molecule has 0 spiro atoms. The molecule has 284 valence electrons. The monoisotopic (exact) mass is 726 g/mol. The minimum absolute atomic E-state index is 0.0275. The van der Waals surface area contributed by atoms with Crippen LogP contribution in [0.5, 0.6) is 0 Å². The van der Waals surface area contributed by atoms with Crippen LogP contribution in [0.2, 0.25) is 0 Å². The summed E-state index contributed by atoms with van der Waals surface area (Å²) in [6, 6.07) is 17.7. The zero-order chi connectivity index (χ0) is 37.9. The third-order valence-corrected chi connectivity index (χ3v) is 8.16. The molecule has 2 heterocycles. The Kier molecular flexibility index (Phi) is 17.7. The van der Waals surface area contributed by atoms with Crippen LogP contribution in [0.4, 0.5) is 0 Å². The number of carbonyl (C=O) groups is 5. The zero-order valence-corrected chi connectivity index (χ0v) is 29.5. The highest BCUT2D eigenvalue weighted by Gasteiger charge is 2.21. The van der Waals surface area contributed by atoms with Gasteiger partial charge in [0.05, 0.1) is 39.3 Å². The van der Waals surface area contributed by atoms with Gasteiger partial charge in [-0.1, -0.05) is 42.5 Å². The summed E-state index contributed by atoms with van der Waals surface area (Å²) in [7, 11) is 0. The van der Waals surface area contributed by atoms with Crippen molar-refractivity contribution in [1.82, 2.24) is 35.4 Å². The normalized spacial score (nSPS) is 15.4. The Morgan fingerprint density at radius 1 is 0.692 bits per heavy atom. The Morgan fingerprint density at radius 3 is 1.62 bits per heavy atom. The van der Waals surface area contributed by atoms with Gasteiger partial charge in [0.1, 0.15) is 0 Å². The van der Waals surface area contributed by atoms with E-state index in [0.717, 1.165) is 11.1 Å². The van der Waals surface area contributed by atoms with Crippen molar-refractivity contribution in [3.8, 4) is 0 Å². The Balaban J connectivity index is 0.000000616. The molecule has 4 rings (SSSR count). The third kappa shape index (κ3) is 16.4. The smallest absolute Gasteiger partial charge is 0.317 e. The summed E-state index contributed by atoms with van der Waals surface area (Å²) in [5, 5.41) is 32.1. The minimum atomic E-state index is -1.02. The number of hydroxylamine groups is 1. The van der Waals surface area contributed by atoms with Crippen LogP contribution in [0.3, 0.4) is 0 Å². The predicted octanol–water partition coefficient (Wildman–Crippen LogP) is -0.239. The molecular formula is C35H50N8O9. The lowest BCUT2D eigenvalue weighted by atomic mass is 10.1. The molecule has 0 aliphatic carbocycles. The standard InChI is InChI=1S/C26H41N7O9.C9H9N/c27-13-22(34)29-42-19-21-3-1-20(2-4-21)14-28-23(35)15-30-5-7-31(16-24(36)37)9-11-33(18-26(40)41)12-10-32(8-6-30)17-25(38)39;1-7-6-8-4-2-3-5-9(8)10-7/h1-4H,5-19,27H2,(H,28,35)(H,29,34)(H,36,37)(H,38,39)(H,40,41);2-6,10H,1H3. The van der Waals surface area contributed by atoms with E-state index in [0.29, 0.717) is 52.4 Å². The number of H-pyrrole nitrogens is 1. The van der Waals surface area contributed by atoms with E-state index >= 15 is 0 Å². The maximum absolute atomic E-state index is 12.8. The molecule has 0 bridgehead atoms. The van der Waals surface area contributed by atoms with Crippen molar-refractivity contribution in [3.63, 3.8) is 0 Å². The van der Waals surface area contributed by atoms with Crippen LogP contribution in [0, 0.1) is 6.92 Å². The second-order valence-corrected chi connectivity index (χ2v) is 12.4. The average molecular weight is 727 g/mol. The second kappa shape index (κ2) is 22.1. The van der Waals surface area contributed by atoms with E-state index in [1.807, 2.05) is 23.1 Å². The number of aromatic amines is 1. The first-order valence-corrected chi connectivity index (χ1v) is 16.9. The Morgan fingerprint density at radius 2 is 1.15 bits per heavy atom. The number of hydrogen-bond donors (Lipinski definition) is 7. The predicted molar refractivity (Wildman–Crippen MR) is 192 cm³/mol. The van der Waals surface area contributed by atoms with Gasteiger partial charge in [-0.2, -0.15) is 0 Å². The topological polar surface area (TPSA) is 234 Å². The maximum Gasteiger partial charge on any atom is 0.317 e. The number of aryl methyl sites for hydroxylation is 1. The molecule has 2 aromatic carbocycles. The van der Waals surface area contributed by atoms with E-state index in [9.17, 15) is 39.3 Å². The summed E-state index contributed by atoms with van der Waals surface area (Å²) in [6.45, 7) is 4.23. The molecule has 8 N–H and O–H groups in total. The Labute approximate surface area is 302 Å². The van der Waals surface area contributed by atoms with Crippen molar-refractivity contribution >= 4 is 40.6 Å². The zero-order valence-electron chi connectivity index (χ0n) is 29.5. The molecule has 0 unspecified atom stereocenters. The van der Waals surface area contributed by atoms with Crippen LogP contribution < -0.4 is 16.5 Å². The lowest BCUT2D eigenvalue weighted by Crippen LogP contribution is -2.49. The largest absolute Gasteiger partial charge is 0.480 e. The fraction of sp³-hybridized carbons (Fsp3) is 0.457. The number of amides is 2. The molecular weight excluding hydrogens is 676 g/mol.